The molecular weight excluding hydrogens is 196 g/mol. The van der Waals surface area contributed by atoms with E-state index in [2.05, 4.69) is 0 Å². The quantitative estimate of drug-likeness (QED) is 0.751. The molecule has 3 unspecified atom stereocenters. The smallest absolute Gasteiger partial charge is 0.192 e. The normalized spacial score (nSPS) is 31.9. The Bertz CT molecular complexity index is 348. The van der Waals surface area contributed by atoms with Crippen LogP contribution in [0.4, 0.5) is 0 Å². The van der Waals surface area contributed by atoms with Gasteiger partial charge in [0, 0.05) is 0 Å². The molecule has 80 valence electrons. The largest absolute Gasteiger partial charge is 0.508 e. The molecule has 1 aromatic rings. The SMILES string of the molecule is Oc1ccc(CCOC2OC3OC23)cc1. The highest BCUT2D eigenvalue weighted by molar-refractivity contribution is 5.25. The summed E-state index contributed by atoms with van der Waals surface area (Å²) in [6, 6.07) is 7.12. The lowest BCUT2D eigenvalue weighted by Crippen LogP contribution is -2.36. The minimum absolute atomic E-state index is 0.0173. The fourth-order valence-corrected chi connectivity index (χ4v) is 1.62. The third-order valence-corrected chi connectivity index (χ3v) is 2.63. The first kappa shape index (κ1) is 9.15. The van der Waals surface area contributed by atoms with Crippen LogP contribution in [0.3, 0.4) is 0 Å². The summed E-state index contributed by atoms with van der Waals surface area (Å²) in [7, 11) is 0. The highest BCUT2D eigenvalue weighted by Crippen LogP contribution is 2.40. The molecule has 0 radical (unpaired) electrons. The van der Waals surface area contributed by atoms with Gasteiger partial charge >= 0.3 is 0 Å². The summed E-state index contributed by atoms with van der Waals surface area (Å²) in [5.41, 5.74) is 1.14. The fraction of sp³-hybridized carbons (Fsp3) is 0.455. The minimum Gasteiger partial charge on any atom is -0.508 e. The molecule has 2 heterocycles. The van der Waals surface area contributed by atoms with Crippen molar-refractivity contribution >= 4 is 0 Å². The van der Waals surface area contributed by atoms with Crippen LogP contribution < -0.4 is 0 Å². The van der Waals surface area contributed by atoms with Crippen LogP contribution in [0.15, 0.2) is 24.3 Å². The van der Waals surface area contributed by atoms with Crippen molar-refractivity contribution in [3.05, 3.63) is 29.8 Å². The molecule has 2 aliphatic heterocycles. The monoisotopic (exact) mass is 208 g/mol. The van der Waals surface area contributed by atoms with Crippen molar-refractivity contribution in [2.45, 2.75) is 25.1 Å². The number of epoxide rings is 1. The second kappa shape index (κ2) is 3.48. The lowest BCUT2D eigenvalue weighted by molar-refractivity contribution is -0.201. The maximum absolute atomic E-state index is 9.09. The van der Waals surface area contributed by atoms with Gasteiger partial charge in [-0.15, -0.1) is 0 Å². The average Bonchev–Trinajstić information content (AvgIpc) is 2.87. The van der Waals surface area contributed by atoms with Gasteiger partial charge in [0.05, 0.1) is 6.61 Å². The minimum atomic E-state index is -0.160. The van der Waals surface area contributed by atoms with Crippen molar-refractivity contribution in [2.75, 3.05) is 6.61 Å². The first-order valence-corrected chi connectivity index (χ1v) is 5.03. The van der Waals surface area contributed by atoms with Gasteiger partial charge in [0.2, 0.25) is 0 Å². The Balaban J connectivity index is 1.43. The molecule has 1 N–H and O–H groups in total. The van der Waals surface area contributed by atoms with E-state index in [-0.39, 0.29) is 24.4 Å². The van der Waals surface area contributed by atoms with E-state index in [9.17, 15) is 0 Å². The molecule has 0 saturated carbocycles. The highest BCUT2D eigenvalue weighted by Gasteiger charge is 2.59. The summed E-state index contributed by atoms with van der Waals surface area (Å²) >= 11 is 0. The molecule has 2 saturated heterocycles. The van der Waals surface area contributed by atoms with Crippen molar-refractivity contribution in [1.29, 1.82) is 0 Å². The van der Waals surface area contributed by atoms with Gasteiger partial charge in [-0.3, -0.25) is 0 Å². The molecule has 1 aromatic carbocycles. The molecule has 2 fully saturated rings. The molecule has 2 aliphatic rings. The number of ether oxygens (including phenoxy) is 3. The average molecular weight is 208 g/mol. The van der Waals surface area contributed by atoms with E-state index in [0.29, 0.717) is 6.61 Å². The van der Waals surface area contributed by atoms with Crippen molar-refractivity contribution in [1.82, 2.24) is 0 Å². The van der Waals surface area contributed by atoms with Crippen LogP contribution in [0.25, 0.3) is 0 Å². The van der Waals surface area contributed by atoms with Gasteiger partial charge in [-0.25, -0.2) is 0 Å². The maximum atomic E-state index is 9.09. The van der Waals surface area contributed by atoms with E-state index in [1.807, 2.05) is 12.1 Å². The van der Waals surface area contributed by atoms with E-state index < -0.39 is 0 Å². The second-order valence-corrected chi connectivity index (χ2v) is 3.76. The standard InChI is InChI=1S/C11H12O4/c12-8-3-1-7(2-4-8)5-6-13-10-9-11(14-9)15-10/h1-4,9-12H,5-6H2. The van der Waals surface area contributed by atoms with Gasteiger partial charge in [0.25, 0.3) is 0 Å². The zero-order valence-corrected chi connectivity index (χ0v) is 8.13. The molecule has 0 aliphatic carbocycles. The van der Waals surface area contributed by atoms with E-state index in [1.165, 1.54) is 0 Å². The fourth-order valence-electron chi connectivity index (χ4n) is 1.62. The molecule has 0 aromatic heterocycles. The van der Waals surface area contributed by atoms with Crippen molar-refractivity contribution in [2.24, 2.45) is 0 Å². The van der Waals surface area contributed by atoms with E-state index in [4.69, 9.17) is 19.3 Å². The van der Waals surface area contributed by atoms with E-state index in [1.54, 1.807) is 12.1 Å². The molecule has 4 heteroatoms. The van der Waals surface area contributed by atoms with Crippen LogP contribution in [0.5, 0.6) is 5.75 Å². The first-order chi connectivity index (χ1) is 7.33. The van der Waals surface area contributed by atoms with Crippen LogP contribution >= 0.6 is 0 Å². The Hall–Kier alpha value is -1.10. The summed E-state index contributed by atoms with van der Waals surface area (Å²) in [5.74, 6) is 0.288. The van der Waals surface area contributed by atoms with Gasteiger partial charge in [-0.05, 0) is 24.1 Å². The summed E-state index contributed by atoms with van der Waals surface area (Å²) < 4.78 is 15.7. The first-order valence-electron chi connectivity index (χ1n) is 5.03. The van der Waals surface area contributed by atoms with Gasteiger partial charge in [-0.1, -0.05) is 12.1 Å². The Labute approximate surface area is 87.4 Å². The number of hydrogen-bond acceptors (Lipinski definition) is 4. The third kappa shape index (κ3) is 1.84. The van der Waals surface area contributed by atoms with Crippen molar-refractivity contribution < 1.29 is 19.3 Å². The molecule has 0 bridgehead atoms. The summed E-state index contributed by atoms with van der Waals surface area (Å²) in [6.45, 7) is 0.613. The maximum Gasteiger partial charge on any atom is 0.192 e. The van der Waals surface area contributed by atoms with Crippen LogP contribution in [0.1, 0.15) is 5.56 Å². The third-order valence-electron chi connectivity index (χ3n) is 2.63. The predicted octanol–water partition coefficient (Wildman–Crippen LogP) is 1.03. The molecular formula is C11H12O4. The van der Waals surface area contributed by atoms with Gasteiger partial charge in [0.15, 0.2) is 18.7 Å². The van der Waals surface area contributed by atoms with Crippen LogP contribution in [0.2, 0.25) is 0 Å². The number of aromatic hydroxyl groups is 1. The summed E-state index contributed by atoms with van der Waals surface area (Å²) in [6.07, 6.45) is 0.859. The zero-order valence-electron chi connectivity index (χ0n) is 8.13. The number of rotatable bonds is 4. The molecule has 15 heavy (non-hydrogen) atoms. The highest BCUT2D eigenvalue weighted by atomic mass is 16.9. The topological polar surface area (TPSA) is 51.2 Å². The predicted molar refractivity (Wildman–Crippen MR) is 51.3 cm³/mol. The lowest BCUT2D eigenvalue weighted by Gasteiger charge is -2.20. The Morgan fingerprint density at radius 3 is 2.60 bits per heavy atom. The second-order valence-electron chi connectivity index (χ2n) is 3.76. The zero-order chi connectivity index (χ0) is 10.3. The number of phenols is 1. The number of phenolic OH excluding ortho intramolecular Hbond substituents is 1. The van der Waals surface area contributed by atoms with Gasteiger partial charge < -0.3 is 19.3 Å². The molecule has 4 nitrogen and oxygen atoms in total. The molecule has 3 atom stereocenters. The van der Waals surface area contributed by atoms with Gasteiger partial charge in [0.1, 0.15) is 5.75 Å². The summed E-state index contributed by atoms with van der Waals surface area (Å²) in [5, 5.41) is 9.09. The van der Waals surface area contributed by atoms with Crippen LogP contribution in [-0.4, -0.2) is 30.4 Å². The lowest BCUT2D eigenvalue weighted by atomic mass is 10.1. The van der Waals surface area contributed by atoms with Crippen LogP contribution in [0, 0.1) is 0 Å². The number of fused-ring (bicyclic) bond motifs is 1. The number of benzene rings is 1. The molecule has 0 amide bonds. The van der Waals surface area contributed by atoms with Crippen molar-refractivity contribution in [3.63, 3.8) is 0 Å². The van der Waals surface area contributed by atoms with Crippen molar-refractivity contribution in [3.8, 4) is 5.75 Å². The Morgan fingerprint density at radius 1 is 1.20 bits per heavy atom. The number of hydrogen-bond donors (Lipinski definition) is 1. The molecule has 0 spiro atoms. The van der Waals surface area contributed by atoms with Crippen LogP contribution in [-0.2, 0) is 20.6 Å². The summed E-state index contributed by atoms with van der Waals surface area (Å²) in [4.78, 5) is 0. The van der Waals surface area contributed by atoms with Gasteiger partial charge in [-0.2, -0.15) is 0 Å². The Kier molecular flexibility index (Phi) is 2.12. The van der Waals surface area contributed by atoms with E-state index in [0.717, 1.165) is 12.0 Å². The Morgan fingerprint density at radius 2 is 2.00 bits per heavy atom. The van der Waals surface area contributed by atoms with E-state index >= 15 is 0 Å². The molecule has 3 rings (SSSR count).